The van der Waals surface area contributed by atoms with Crippen LogP contribution >= 0.6 is 11.6 Å². The molecule has 0 saturated carbocycles. The van der Waals surface area contributed by atoms with Crippen LogP contribution in [0.25, 0.3) is 5.76 Å². The number of ether oxygens (including phenoxy) is 1. The summed E-state index contributed by atoms with van der Waals surface area (Å²) in [5, 5.41) is 11.8. The van der Waals surface area contributed by atoms with Gasteiger partial charge in [0.1, 0.15) is 17.6 Å². The molecule has 2 aliphatic heterocycles. The lowest BCUT2D eigenvalue weighted by Crippen LogP contribution is -2.29. The van der Waals surface area contributed by atoms with Gasteiger partial charge in [-0.3, -0.25) is 9.59 Å². The Morgan fingerprint density at radius 1 is 1.06 bits per heavy atom. The van der Waals surface area contributed by atoms with Crippen molar-refractivity contribution in [3.05, 3.63) is 106 Å². The minimum atomic E-state index is -0.757. The zero-order valence-corrected chi connectivity index (χ0v) is 18.8. The first-order chi connectivity index (χ1) is 15.9. The molecule has 0 radical (unpaired) electrons. The molecule has 3 aromatic rings. The molecular formula is C27H22ClNO4. The summed E-state index contributed by atoms with van der Waals surface area (Å²) in [6.07, 6.45) is 0.775. The van der Waals surface area contributed by atoms with Crippen molar-refractivity contribution in [3.63, 3.8) is 0 Å². The maximum Gasteiger partial charge on any atom is 0.295 e. The van der Waals surface area contributed by atoms with E-state index in [1.807, 2.05) is 49.4 Å². The Morgan fingerprint density at radius 2 is 1.85 bits per heavy atom. The van der Waals surface area contributed by atoms with Gasteiger partial charge in [-0.2, -0.15) is 0 Å². The monoisotopic (exact) mass is 459 g/mol. The van der Waals surface area contributed by atoms with E-state index in [0.717, 1.165) is 23.3 Å². The van der Waals surface area contributed by atoms with Crippen LogP contribution in [0.15, 0.2) is 78.4 Å². The number of rotatable bonds is 4. The molecule has 5 rings (SSSR count). The van der Waals surface area contributed by atoms with E-state index >= 15 is 0 Å². The van der Waals surface area contributed by atoms with Gasteiger partial charge in [0, 0.05) is 23.6 Å². The molecule has 2 heterocycles. The average molecular weight is 460 g/mol. The first-order valence-electron chi connectivity index (χ1n) is 10.8. The maximum atomic E-state index is 13.2. The molecule has 166 valence electrons. The van der Waals surface area contributed by atoms with Crippen LogP contribution in [-0.2, 0) is 22.6 Å². The molecule has 2 aliphatic rings. The number of fused-ring (bicyclic) bond motifs is 1. The second-order valence-electron chi connectivity index (χ2n) is 8.42. The second kappa shape index (κ2) is 8.41. The molecule has 0 aliphatic carbocycles. The van der Waals surface area contributed by atoms with Crippen LogP contribution in [0.1, 0.15) is 35.2 Å². The number of aliphatic hydroxyl groups is 1. The zero-order valence-electron chi connectivity index (χ0n) is 18.0. The number of amides is 1. The third kappa shape index (κ3) is 3.89. The summed E-state index contributed by atoms with van der Waals surface area (Å²) in [5.74, 6) is -0.784. The second-order valence-corrected chi connectivity index (χ2v) is 8.86. The fraction of sp³-hybridized carbons (Fsp3) is 0.185. The molecule has 0 spiro atoms. The number of halogens is 1. The van der Waals surface area contributed by atoms with Crippen molar-refractivity contribution >= 4 is 29.1 Å². The smallest absolute Gasteiger partial charge is 0.295 e. The lowest BCUT2D eigenvalue weighted by molar-refractivity contribution is -0.140. The number of likely N-dealkylation sites (tertiary alicyclic amines) is 1. The van der Waals surface area contributed by atoms with Crippen LogP contribution in [0.4, 0.5) is 0 Å². The summed E-state index contributed by atoms with van der Waals surface area (Å²) >= 11 is 6.25. The molecule has 6 heteroatoms. The predicted molar refractivity (Wildman–Crippen MR) is 126 cm³/mol. The summed E-state index contributed by atoms with van der Waals surface area (Å²) in [5.41, 5.74) is 3.05. The Labute approximate surface area is 196 Å². The van der Waals surface area contributed by atoms with Gasteiger partial charge in [-0.1, -0.05) is 54.1 Å². The van der Waals surface area contributed by atoms with Crippen LogP contribution in [-0.4, -0.2) is 27.8 Å². The molecule has 1 saturated heterocycles. The van der Waals surface area contributed by atoms with Gasteiger partial charge in [0.15, 0.2) is 0 Å². The summed E-state index contributed by atoms with van der Waals surface area (Å²) in [6, 6.07) is 21.1. The largest absolute Gasteiger partial charge is 0.507 e. The highest BCUT2D eigenvalue weighted by Gasteiger charge is 2.46. The van der Waals surface area contributed by atoms with E-state index in [1.54, 1.807) is 30.3 Å². The number of benzene rings is 3. The maximum absolute atomic E-state index is 13.2. The number of hydrogen-bond acceptors (Lipinski definition) is 4. The topological polar surface area (TPSA) is 66.8 Å². The Hall–Kier alpha value is -3.57. The predicted octanol–water partition coefficient (Wildman–Crippen LogP) is 5.29. The number of Topliss-reactive ketones (excluding diaryl/α,β-unsaturated/α-hetero) is 1. The average Bonchev–Trinajstić information content (AvgIpc) is 3.30. The molecule has 0 aromatic heterocycles. The number of hydrogen-bond donors (Lipinski definition) is 1. The Bertz CT molecular complexity index is 1280. The molecular weight excluding hydrogens is 438 g/mol. The lowest BCUT2D eigenvalue weighted by atomic mass is 9.94. The van der Waals surface area contributed by atoms with Gasteiger partial charge in [0.2, 0.25) is 0 Å². The molecule has 3 aromatic carbocycles. The summed E-state index contributed by atoms with van der Waals surface area (Å²) < 4.78 is 5.75. The van der Waals surface area contributed by atoms with Crippen molar-refractivity contribution in [2.75, 3.05) is 0 Å². The van der Waals surface area contributed by atoms with E-state index in [0.29, 0.717) is 16.1 Å². The van der Waals surface area contributed by atoms with E-state index in [1.165, 1.54) is 4.90 Å². The summed E-state index contributed by atoms with van der Waals surface area (Å²) in [4.78, 5) is 27.8. The first kappa shape index (κ1) is 21.3. The van der Waals surface area contributed by atoms with Crippen LogP contribution in [0.5, 0.6) is 5.75 Å². The van der Waals surface area contributed by atoms with Gasteiger partial charge >= 0.3 is 0 Å². The van der Waals surface area contributed by atoms with E-state index < -0.39 is 17.7 Å². The van der Waals surface area contributed by atoms with E-state index in [4.69, 9.17) is 16.3 Å². The molecule has 5 nitrogen and oxygen atoms in total. The Morgan fingerprint density at radius 3 is 2.61 bits per heavy atom. The molecule has 33 heavy (non-hydrogen) atoms. The van der Waals surface area contributed by atoms with Crippen molar-refractivity contribution < 1.29 is 19.4 Å². The highest BCUT2D eigenvalue weighted by molar-refractivity contribution is 6.46. The fourth-order valence-electron chi connectivity index (χ4n) is 4.57. The van der Waals surface area contributed by atoms with Gasteiger partial charge in [0.05, 0.1) is 11.6 Å². The first-order valence-corrected chi connectivity index (χ1v) is 11.2. The summed E-state index contributed by atoms with van der Waals surface area (Å²) in [7, 11) is 0. The van der Waals surface area contributed by atoms with E-state index in [2.05, 4.69) is 0 Å². The molecule has 1 fully saturated rings. The SMILES string of the molecule is CC1Cc2cc(/C(O)=C3\C(=O)C(=O)N(Cc4ccccc4)C3c3cccc(Cl)c3)ccc2O1. The van der Waals surface area contributed by atoms with Crippen LogP contribution in [0.2, 0.25) is 5.02 Å². The van der Waals surface area contributed by atoms with E-state index in [9.17, 15) is 14.7 Å². The van der Waals surface area contributed by atoms with Crippen molar-refractivity contribution in [3.8, 4) is 5.75 Å². The van der Waals surface area contributed by atoms with Crippen molar-refractivity contribution in [2.45, 2.75) is 32.0 Å². The highest BCUT2D eigenvalue weighted by Crippen LogP contribution is 2.41. The summed E-state index contributed by atoms with van der Waals surface area (Å²) in [6.45, 7) is 2.21. The number of nitrogens with zero attached hydrogens (tertiary/aromatic N) is 1. The van der Waals surface area contributed by atoms with Crippen LogP contribution in [0, 0.1) is 0 Å². The molecule has 1 amide bonds. The van der Waals surface area contributed by atoms with Crippen molar-refractivity contribution in [1.82, 2.24) is 4.90 Å². The minimum Gasteiger partial charge on any atom is -0.507 e. The van der Waals surface area contributed by atoms with Crippen LogP contribution in [0.3, 0.4) is 0 Å². The molecule has 2 unspecified atom stereocenters. The number of carbonyl (C=O) groups is 2. The third-order valence-corrected chi connectivity index (χ3v) is 6.30. The third-order valence-electron chi connectivity index (χ3n) is 6.07. The zero-order chi connectivity index (χ0) is 23.1. The lowest BCUT2D eigenvalue weighted by Gasteiger charge is -2.25. The fourth-order valence-corrected chi connectivity index (χ4v) is 4.77. The Balaban J connectivity index is 1.64. The number of carbonyl (C=O) groups excluding carboxylic acids is 2. The van der Waals surface area contributed by atoms with Crippen molar-refractivity contribution in [2.24, 2.45) is 0 Å². The van der Waals surface area contributed by atoms with Gasteiger partial charge in [0.25, 0.3) is 11.7 Å². The van der Waals surface area contributed by atoms with Gasteiger partial charge in [-0.05, 0) is 53.9 Å². The number of ketones is 1. The van der Waals surface area contributed by atoms with Gasteiger partial charge in [-0.15, -0.1) is 0 Å². The quantitative estimate of drug-likeness (QED) is 0.327. The van der Waals surface area contributed by atoms with Gasteiger partial charge in [-0.25, -0.2) is 0 Å². The Kier molecular flexibility index (Phi) is 5.43. The van der Waals surface area contributed by atoms with E-state index in [-0.39, 0.29) is 24.0 Å². The number of aliphatic hydroxyl groups excluding tert-OH is 1. The molecule has 0 bridgehead atoms. The molecule has 2 atom stereocenters. The van der Waals surface area contributed by atoms with Crippen molar-refractivity contribution in [1.29, 1.82) is 0 Å². The standard InChI is InChI=1S/C27H22ClNO4/c1-16-12-20-13-19(10-11-22(20)33-16)25(30)23-24(18-8-5-9-21(28)14-18)29(27(32)26(23)31)15-17-6-3-2-4-7-17/h2-11,13-14,16,24,30H,12,15H2,1H3/b25-23+. The van der Waals surface area contributed by atoms with Crippen LogP contribution < -0.4 is 4.74 Å². The normalized spacial score (nSPS) is 21.2. The van der Waals surface area contributed by atoms with Gasteiger partial charge < -0.3 is 14.7 Å². The highest BCUT2D eigenvalue weighted by atomic mass is 35.5. The minimum absolute atomic E-state index is 0.0558. The molecule has 1 N–H and O–H groups in total.